The van der Waals surface area contributed by atoms with Gasteiger partial charge in [-0.05, 0) is 97.0 Å². The van der Waals surface area contributed by atoms with Gasteiger partial charge in [0.2, 0.25) is 0 Å². The van der Waals surface area contributed by atoms with Gasteiger partial charge in [-0.3, -0.25) is 4.79 Å². The highest BCUT2D eigenvalue weighted by molar-refractivity contribution is 8.00. The first-order valence-corrected chi connectivity index (χ1v) is 12.2. The lowest BCUT2D eigenvalue weighted by atomic mass is 9.46. The molecular formula is C22H28O3S. The fourth-order valence-electron chi connectivity index (χ4n) is 12.8. The van der Waals surface area contributed by atoms with E-state index in [9.17, 15) is 9.90 Å². The van der Waals surface area contributed by atoms with E-state index in [4.69, 9.17) is 4.74 Å². The molecule has 0 aliphatic heterocycles. The summed E-state index contributed by atoms with van der Waals surface area (Å²) in [6.45, 7) is 0. The van der Waals surface area contributed by atoms with Crippen LogP contribution in [0.2, 0.25) is 0 Å². The molecule has 0 spiro atoms. The first kappa shape index (κ1) is 14.7. The fourth-order valence-corrected chi connectivity index (χ4v) is 14.6. The minimum Gasteiger partial charge on any atom is -0.468 e. The molecule has 1 N–H and O–H groups in total. The lowest BCUT2D eigenvalue weighted by Gasteiger charge is -2.63. The number of carbonyl (C=O) groups is 1. The monoisotopic (exact) mass is 372 g/mol. The van der Waals surface area contributed by atoms with E-state index in [1.54, 1.807) is 7.11 Å². The van der Waals surface area contributed by atoms with Gasteiger partial charge in [0.25, 0.3) is 0 Å². The van der Waals surface area contributed by atoms with Crippen LogP contribution in [-0.2, 0) is 9.53 Å². The zero-order valence-electron chi connectivity index (χ0n) is 15.6. The lowest BCUT2D eigenvalue weighted by molar-refractivity contribution is -0.230. The van der Waals surface area contributed by atoms with E-state index in [0.29, 0.717) is 47.3 Å². The van der Waals surface area contributed by atoms with Gasteiger partial charge in [-0.2, -0.15) is 11.8 Å². The van der Waals surface area contributed by atoms with Crippen molar-refractivity contribution < 1.29 is 14.6 Å². The van der Waals surface area contributed by atoms with Crippen molar-refractivity contribution in [2.24, 2.45) is 70.5 Å². The van der Waals surface area contributed by atoms with Crippen LogP contribution in [0.4, 0.5) is 0 Å². The Morgan fingerprint density at radius 2 is 1.65 bits per heavy atom. The normalized spacial score (nSPS) is 74.3. The molecule has 26 heavy (non-hydrogen) atoms. The molecule has 9 aliphatic carbocycles. The van der Waals surface area contributed by atoms with Crippen molar-refractivity contribution in [3.8, 4) is 0 Å². The summed E-state index contributed by atoms with van der Waals surface area (Å²) in [5.41, 5.74) is -1.35. The summed E-state index contributed by atoms with van der Waals surface area (Å²) in [5.74, 6) is 6.94. The average Bonchev–Trinajstić information content (AvgIpc) is 3.40. The number of methoxy groups -OCH3 is 1. The largest absolute Gasteiger partial charge is 0.468 e. The van der Waals surface area contributed by atoms with Crippen molar-refractivity contribution in [1.29, 1.82) is 0 Å². The molecule has 0 aromatic heterocycles. The van der Waals surface area contributed by atoms with E-state index >= 15 is 0 Å². The number of thioether (sulfide) groups is 1. The Bertz CT molecular complexity index is 783. The van der Waals surface area contributed by atoms with Crippen LogP contribution in [0.3, 0.4) is 0 Å². The minimum absolute atomic E-state index is 0.0115. The number of fused-ring (bicyclic) bond motifs is 1. The smallest absolute Gasteiger partial charge is 0.315 e. The maximum atomic E-state index is 13.7. The number of ether oxygens (including phenoxy) is 1. The highest BCUT2D eigenvalue weighted by atomic mass is 32.2. The molecule has 0 amide bonds. The summed E-state index contributed by atoms with van der Waals surface area (Å²) in [4.78, 5) is 13.7. The first-order chi connectivity index (χ1) is 12.6. The molecule has 0 unspecified atom stereocenters. The van der Waals surface area contributed by atoms with Gasteiger partial charge in [0.1, 0.15) is 5.41 Å². The van der Waals surface area contributed by atoms with Gasteiger partial charge < -0.3 is 9.84 Å². The molecule has 0 aromatic carbocycles. The minimum atomic E-state index is -0.789. The Morgan fingerprint density at radius 3 is 2.38 bits per heavy atom. The summed E-state index contributed by atoms with van der Waals surface area (Å²) < 4.78 is 5.55. The molecule has 9 saturated carbocycles. The van der Waals surface area contributed by atoms with Gasteiger partial charge in [-0.25, -0.2) is 0 Å². The van der Waals surface area contributed by atoms with Crippen LogP contribution >= 0.6 is 11.8 Å². The lowest BCUT2D eigenvalue weighted by Crippen LogP contribution is -2.75. The van der Waals surface area contributed by atoms with Crippen LogP contribution in [0.1, 0.15) is 32.1 Å². The van der Waals surface area contributed by atoms with Crippen LogP contribution in [0.15, 0.2) is 0 Å². The number of esters is 1. The van der Waals surface area contributed by atoms with E-state index in [1.165, 1.54) is 25.7 Å². The topological polar surface area (TPSA) is 46.5 Å². The van der Waals surface area contributed by atoms with Crippen LogP contribution in [0.25, 0.3) is 0 Å². The predicted octanol–water partition coefficient (Wildman–Crippen LogP) is 2.82. The van der Waals surface area contributed by atoms with Crippen LogP contribution < -0.4 is 0 Å². The third-order valence-corrected chi connectivity index (χ3v) is 13.5. The van der Waals surface area contributed by atoms with Crippen molar-refractivity contribution in [3.05, 3.63) is 0 Å². The highest BCUT2D eigenvalue weighted by Crippen LogP contribution is 2.98. The van der Waals surface area contributed by atoms with E-state index in [1.807, 2.05) is 11.8 Å². The molecule has 0 heterocycles. The molecule has 0 radical (unpaired) electrons. The second-order valence-corrected chi connectivity index (χ2v) is 12.1. The van der Waals surface area contributed by atoms with Gasteiger partial charge in [0, 0.05) is 0 Å². The summed E-state index contributed by atoms with van der Waals surface area (Å²) in [5, 5.41) is 12.8. The van der Waals surface area contributed by atoms with Crippen molar-refractivity contribution in [1.82, 2.24) is 0 Å². The van der Waals surface area contributed by atoms with Crippen molar-refractivity contribution >= 4 is 17.7 Å². The first-order valence-electron chi connectivity index (χ1n) is 11.0. The molecule has 140 valence electrons. The summed E-state index contributed by atoms with van der Waals surface area (Å²) >= 11 is 1.99. The van der Waals surface area contributed by atoms with Crippen molar-refractivity contribution in [3.63, 3.8) is 0 Å². The average molecular weight is 373 g/mol. The molecular weight excluding hydrogens is 344 g/mol. The SMILES string of the molecule is COC(=O)[C@]12[C@H]3[C@@H]4CC[C@@H]5[C@@H]4[C@H]4[C@@H]3[C@H]3[C@@H]([C@H]6CCC[C@H]6[C@@H]31)[C@@]4(SC)[C@@]52O. The molecule has 9 bridgehead atoms. The number of rotatable bonds is 2. The second kappa shape index (κ2) is 3.79. The van der Waals surface area contributed by atoms with Gasteiger partial charge in [0.15, 0.2) is 0 Å². The Labute approximate surface area is 159 Å². The maximum Gasteiger partial charge on any atom is 0.315 e. The van der Waals surface area contributed by atoms with Crippen LogP contribution in [0.5, 0.6) is 0 Å². The zero-order valence-corrected chi connectivity index (χ0v) is 16.4. The number of hydrogen-bond acceptors (Lipinski definition) is 4. The van der Waals surface area contributed by atoms with Crippen LogP contribution in [-0.4, -0.2) is 34.8 Å². The molecule has 0 saturated heterocycles. The Hall–Kier alpha value is -0.220. The van der Waals surface area contributed by atoms with Crippen molar-refractivity contribution in [2.45, 2.75) is 42.5 Å². The van der Waals surface area contributed by atoms with Gasteiger partial charge in [-0.15, -0.1) is 0 Å². The summed E-state index contributed by atoms with van der Waals surface area (Å²) in [6.07, 6.45) is 8.67. The van der Waals surface area contributed by atoms with E-state index in [2.05, 4.69) is 6.26 Å². The number of carbonyl (C=O) groups excluding carboxylic acids is 1. The summed E-state index contributed by atoms with van der Waals surface area (Å²) in [7, 11) is 1.59. The van der Waals surface area contributed by atoms with E-state index < -0.39 is 11.0 Å². The Balaban J connectivity index is 1.53. The second-order valence-electron chi connectivity index (χ2n) is 11.1. The molecule has 4 heteroatoms. The zero-order chi connectivity index (χ0) is 17.4. The molecule has 3 nitrogen and oxygen atoms in total. The Morgan fingerprint density at radius 1 is 0.962 bits per heavy atom. The highest BCUT2D eigenvalue weighted by Gasteiger charge is 3.02. The Kier molecular flexibility index (Phi) is 2.15. The van der Waals surface area contributed by atoms with Crippen LogP contribution in [0, 0.1) is 70.5 Å². The molecule has 9 rings (SSSR count). The number of aliphatic hydroxyl groups is 1. The molecule has 9 fully saturated rings. The van der Waals surface area contributed by atoms with Gasteiger partial charge in [0.05, 0.1) is 17.5 Å². The van der Waals surface area contributed by atoms with Gasteiger partial charge >= 0.3 is 5.97 Å². The predicted molar refractivity (Wildman–Crippen MR) is 97.1 cm³/mol. The number of hydrogen-bond donors (Lipinski definition) is 1. The molecule has 0 aromatic rings. The van der Waals surface area contributed by atoms with Gasteiger partial charge in [-0.1, -0.05) is 6.42 Å². The third-order valence-electron chi connectivity index (χ3n) is 12.0. The summed E-state index contributed by atoms with van der Waals surface area (Å²) in [6, 6.07) is 0. The third kappa shape index (κ3) is 0.890. The molecule has 9 aliphatic rings. The van der Waals surface area contributed by atoms with E-state index in [-0.39, 0.29) is 10.7 Å². The van der Waals surface area contributed by atoms with E-state index in [0.717, 1.165) is 24.2 Å². The fraction of sp³-hybridized carbons (Fsp3) is 0.955. The quantitative estimate of drug-likeness (QED) is 0.757. The maximum absolute atomic E-state index is 13.7. The van der Waals surface area contributed by atoms with Crippen molar-refractivity contribution in [2.75, 3.05) is 13.4 Å². The molecule has 14 atom stereocenters. The standard InChI is InChI=1S/C22H28O3S/c1-25-19(23)20-15-8-4-3-5-9(8)17-13(15)14-16(20)10-6-7-11-12(10)18(14)21(17,26-2)22(11,20)24/h8-18,24H,3-7H2,1-2H3/t8-,9+,10-,11-,12-,13-,14-,15+,16+,17-,18+,20-,21+,22-/m1/s1.